The number of aldehydes is 1. The molecule has 0 N–H and O–H groups in total. The van der Waals surface area contributed by atoms with Gasteiger partial charge in [0.25, 0.3) is 0 Å². The molecule has 1 aliphatic heterocycles. The number of hydrogen-bond acceptors (Lipinski definition) is 3. The van der Waals surface area contributed by atoms with Crippen molar-refractivity contribution in [1.82, 2.24) is 9.80 Å². The maximum absolute atomic E-state index is 11.5. The highest BCUT2D eigenvalue weighted by atomic mass is 16.2. The Morgan fingerprint density at radius 3 is 2.04 bits per heavy atom. The maximum Gasteiger partial charge on any atom is 0.219 e. The Morgan fingerprint density at radius 2 is 1.71 bits per heavy atom. The van der Waals surface area contributed by atoms with Crippen molar-refractivity contribution < 1.29 is 9.59 Å². The molecule has 144 valence electrons. The topological polar surface area (TPSA) is 40.6 Å². The number of hydrogen-bond donors (Lipinski definition) is 0. The number of unbranched alkanes of at least 4 members (excludes halogenated alkanes) is 1. The fourth-order valence-electron chi connectivity index (χ4n) is 3.03. The van der Waals surface area contributed by atoms with E-state index >= 15 is 0 Å². The van der Waals surface area contributed by atoms with E-state index in [-0.39, 0.29) is 17.0 Å². The Morgan fingerprint density at radius 1 is 1.21 bits per heavy atom. The normalized spacial score (nSPS) is 22.0. The largest absolute Gasteiger partial charge is 0.343 e. The van der Waals surface area contributed by atoms with Crippen LogP contribution in [-0.4, -0.2) is 53.2 Å². The molecule has 24 heavy (non-hydrogen) atoms. The number of amides is 1. The smallest absolute Gasteiger partial charge is 0.219 e. The minimum absolute atomic E-state index is 0.133. The highest BCUT2D eigenvalue weighted by Crippen LogP contribution is 2.36. The molecule has 1 saturated heterocycles. The molecule has 0 radical (unpaired) electrons. The van der Waals surface area contributed by atoms with Crippen molar-refractivity contribution in [3.8, 4) is 0 Å². The van der Waals surface area contributed by atoms with Gasteiger partial charge < -0.3 is 9.69 Å². The molecule has 0 aromatic rings. The zero-order valence-corrected chi connectivity index (χ0v) is 17.9. The number of rotatable bonds is 3. The minimum Gasteiger partial charge on any atom is -0.343 e. The molecule has 0 bridgehead atoms. The van der Waals surface area contributed by atoms with Crippen LogP contribution in [0, 0.1) is 0 Å². The van der Waals surface area contributed by atoms with Gasteiger partial charge in [0.05, 0.1) is 0 Å². The SMILES string of the molecule is CC.CC(=O)N(C)C1CCC(C)(C)N(C)C(C)(C)C1.CCCC=O. The summed E-state index contributed by atoms with van der Waals surface area (Å²) in [6.07, 6.45) is 5.89. The molecule has 1 unspecified atom stereocenters. The molecule has 0 aromatic heterocycles. The molecule has 0 aromatic carbocycles. The first kappa shape index (κ1) is 25.3. The summed E-state index contributed by atoms with van der Waals surface area (Å²) >= 11 is 0. The fourth-order valence-corrected chi connectivity index (χ4v) is 3.03. The van der Waals surface area contributed by atoms with Crippen molar-refractivity contribution in [2.75, 3.05) is 14.1 Å². The van der Waals surface area contributed by atoms with Crippen LogP contribution >= 0.6 is 0 Å². The Kier molecular flexibility index (Phi) is 12.3. The predicted octanol–water partition coefficient (Wildman–Crippen LogP) is 4.52. The van der Waals surface area contributed by atoms with E-state index in [0.29, 0.717) is 12.5 Å². The zero-order chi connectivity index (χ0) is 19.6. The molecular formula is C20H42N2O2. The second-order valence-electron chi connectivity index (χ2n) is 7.67. The molecule has 0 aliphatic carbocycles. The standard InChI is InChI=1S/C14H28N2O.C4H8O.C2H6/c1-11(17)15(6)12-8-9-13(2,3)16(7)14(4,5)10-12;1-2-3-4-5;1-2/h12H,8-10H2,1-7H3;4H,2-3H2,1H3;1-2H3. The molecule has 0 saturated carbocycles. The summed E-state index contributed by atoms with van der Waals surface area (Å²) in [6, 6.07) is 0.367. The first-order valence-corrected chi connectivity index (χ1v) is 9.40. The third-order valence-electron chi connectivity index (χ3n) is 5.09. The van der Waals surface area contributed by atoms with Crippen molar-refractivity contribution in [3.63, 3.8) is 0 Å². The van der Waals surface area contributed by atoms with Gasteiger partial charge in [0.1, 0.15) is 6.29 Å². The number of carbonyl (C=O) groups excluding carboxylic acids is 2. The molecule has 1 aliphatic rings. The first-order valence-electron chi connectivity index (χ1n) is 9.40. The lowest BCUT2D eigenvalue weighted by molar-refractivity contribution is -0.130. The molecular weight excluding hydrogens is 300 g/mol. The van der Waals surface area contributed by atoms with Crippen molar-refractivity contribution in [3.05, 3.63) is 0 Å². The molecule has 0 spiro atoms. The van der Waals surface area contributed by atoms with Gasteiger partial charge in [0, 0.05) is 37.5 Å². The van der Waals surface area contributed by atoms with Gasteiger partial charge in [-0.2, -0.15) is 0 Å². The number of carbonyl (C=O) groups is 2. The van der Waals surface area contributed by atoms with Crippen LogP contribution < -0.4 is 0 Å². The van der Waals surface area contributed by atoms with Crippen LogP contribution in [-0.2, 0) is 9.59 Å². The van der Waals surface area contributed by atoms with Gasteiger partial charge in [0.2, 0.25) is 5.91 Å². The monoisotopic (exact) mass is 342 g/mol. The van der Waals surface area contributed by atoms with Gasteiger partial charge >= 0.3 is 0 Å². The van der Waals surface area contributed by atoms with Crippen molar-refractivity contribution >= 4 is 12.2 Å². The predicted molar refractivity (Wildman–Crippen MR) is 104 cm³/mol. The van der Waals surface area contributed by atoms with Crippen LogP contribution in [0.25, 0.3) is 0 Å². The van der Waals surface area contributed by atoms with Crippen LogP contribution in [0.4, 0.5) is 0 Å². The highest BCUT2D eigenvalue weighted by molar-refractivity contribution is 5.73. The lowest BCUT2D eigenvalue weighted by Crippen LogP contribution is -2.52. The van der Waals surface area contributed by atoms with E-state index in [1.54, 1.807) is 6.92 Å². The summed E-state index contributed by atoms with van der Waals surface area (Å²) in [7, 11) is 4.14. The van der Waals surface area contributed by atoms with Crippen LogP contribution in [0.5, 0.6) is 0 Å². The Balaban J connectivity index is 0. The van der Waals surface area contributed by atoms with E-state index in [0.717, 1.165) is 32.0 Å². The second-order valence-corrected chi connectivity index (χ2v) is 7.67. The van der Waals surface area contributed by atoms with Crippen LogP contribution in [0.3, 0.4) is 0 Å². The van der Waals surface area contributed by atoms with Crippen LogP contribution in [0.1, 0.15) is 87.5 Å². The first-order chi connectivity index (χ1) is 11.0. The molecule has 1 atom stereocenters. The fraction of sp³-hybridized carbons (Fsp3) is 0.900. The van der Waals surface area contributed by atoms with Gasteiger partial charge in [-0.3, -0.25) is 9.69 Å². The van der Waals surface area contributed by atoms with E-state index in [4.69, 9.17) is 0 Å². The average Bonchev–Trinajstić information content (AvgIpc) is 2.60. The molecule has 4 nitrogen and oxygen atoms in total. The van der Waals surface area contributed by atoms with Crippen molar-refractivity contribution in [2.45, 2.75) is 105 Å². The zero-order valence-electron chi connectivity index (χ0n) is 17.9. The lowest BCUT2D eigenvalue weighted by atomic mass is 9.92. The number of likely N-dealkylation sites (tertiary alicyclic amines) is 1. The van der Waals surface area contributed by atoms with Crippen molar-refractivity contribution in [2.24, 2.45) is 0 Å². The average molecular weight is 343 g/mol. The van der Waals surface area contributed by atoms with E-state index in [2.05, 4.69) is 39.6 Å². The third kappa shape index (κ3) is 8.27. The Labute approximate surface area is 151 Å². The van der Waals surface area contributed by atoms with Gasteiger partial charge in [-0.05, 0) is 60.4 Å². The highest BCUT2D eigenvalue weighted by Gasteiger charge is 2.40. The van der Waals surface area contributed by atoms with Crippen molar-refractivity contribution in [1.29, 1.82) is 0 Å². The summed E-state index contributed by atoms with van der Waals surface area (Å²) in [5, 5.41) is 0. The van der Waals surface area contributed by atoms with Crippen LogP contribution in [0.2, 0.25) is 0 Å². The third-order valence-corrected chi connectivity index (χ3v) is 5.09. The number of nitrogens with zero attached hydrogens (tertiary/aromatic N) is 2. The quantitative estimate of drug-likeness (QED) is 0.708. The molecule has 1 heterocycles. The molecule has 1 rings (SSSR count). The minimum atomic E-state index is 0.133. The summed E-state index contributed by atoms with van der Waals surface area (Å²) in [5.74, 6) is 0.174. The Bertz CT molecular complexity index is 365. The van der Waals surface area contributed by atoms with Crippen LogP contribution in [0.15, 0.2) is 0 Å². The lowest BCUT2D eigenvalue weighted by Gasteiger charge is -2.45. The van der Waals surface area contributed by atoms with E-state index < -0.39 is 0 Å². The summed E-state index contributed by atoms with van der Waals surface area (Å²) in [6.45, 7) is 16.8. The molecule has 1 fully saturated rings. The second kappa shape index (κ2) is 11.6. The summed E-state index contributed by atoms with van der Waals surface area (Å²) in [5.41, 5.74) is 0.338. The Hall–Kier alpha value is -0.900. The molecule has 1 amide bonds. The van der Waals surface area contributed by atoms with Gasteiger partial charge in [-0.25, -0.2) is 0 Å². The van der Waals surface area contributed by atoms with Gasteiger partial charge in [-0.15, -0.1) is 0 Å². The molecule has 4 heteroatoms. The van der Waals surface area contributed by atoms with E-state index in [1.165, 1.54) is 0 Å². The van der Waals surface area contributed by atoms with Gasteiger partial charge in [-0.1, -0.05) is 20.8 Å². The van der Waals surface area contributed by atoms with Gasteiger partial charge in [0.15, 0.2) is 0 Å². The van der Waals surface area contributed by atoms with E-state index in [1.807, 2.05) is 32.7 Å². The maximum atomic E-state index is 11.5. The summed E-state index contributed by atoms with van der Waals surface area (Å²) in [4.78, 5) is 25.3. The van der Waals surface area contributed by atoms with E-state index in [9.17, 15) is 9.59 Å². The summed E-state index contributed by atoms with van der Waals surface area (Å²) < 4.78 is 0.